The number of ether oxygens (including phenoxy) is 2. The fraction of sp³-hybridized carbons (Fsp3) is 0.333. The molecule has 0 amide bonds. The van der Waals surface area contributed by atoms with E-state index in [0.29, 0.717) is 5.75 Å². The van der Waals surface area contributed by atoms with Crippen molar-refractivity contribution < 1.29 is 26.3 Å². The quantitative estimate of drug-likeness (QED) is 0.832. The fourth-order valence-corrected chi connectivity index (χ4v) is 4.62. The van der Waals surface area contributed by atoms with E-state index in [2.05, 4.69) is 4.72 Å². The summed E-state index contributed by atoms with van der Waals surface area (Å²) in [5.41, 5.74) is 0. The molecule has 1 N–H and O–H groups in total. The highest BCUT2D eigenvalue weighted by Crippen LogP contribution is 2.28. The molecule has 0 unspecified atom stereocenters. The van der Waals surface area contributed by atoms with Gasteiger partial charge in [-0.1, -0.05) is 6.08 Å². The largest absolute Gasteiger partial charge is 0.497 e. The number of hydrogen-bond acceptors (Lipinski definition) is 6. The first kappa shape index (κ1) is 15.8. The van der Waals surface area contributed by atoms with Crippen LogP contribution >= 0.6 is 0 Å². The molecular formula is C12H15NO6S2. The monoisotopic (exact) mass is 333 g/mol. The van der Waals surface area contributed by atoms with E-state index in [1.54, 1.807) is 6.07 Å². The summed E-state index contributed by atoms with van der Waals surface area (Å²) >= 11 is 0. The Labute approximate surface area is 123 Å². The number of rotatable bonds is 5. The topological polar surface area (TPSA) is 98.8 Å². The van der Waals surface area contributed by atoms with Crippen LogP contribution in [-0.2, 0) is 19.9 Å². The van der Waals surface area contributed by atoms with Crippen LogP contribution in [0.1, 0.15) is 0 Å². The molecule has 0 radical (unpaired) electrons. The molecule has 1 aromatic rings. The second-order valence-corrected chi connectivity index (χ2v) is 8.02. The van der Waals surface area contributed by atoms with Crippen LogP contribution in [0.25, 0.3) is 0 Å². The Morgan fingerprint density at radius 3 is 2.48 bits per heavy atom. The normalized spacial score (nSPS) is 20.4. The molecule has 0 saturated heterocycles. The van der Waals surface area contributed by atoms with Gasteiger partial charge in [-0.05, 0) is 12.1 Å². The molecule has 0 fully saturated rings. The summed E-state index contributed by atoms with van der Waals surface area (Å²) in [6.07, 6.45) is 1.31. The van der Waals surface area contributed by atoms with E-state index < -0.39 is 25.9 Å². The summed E-state index contributed by atoms with van der Waals surface area (Å²) in [7, 11) is -4.52. The Morgan fingerprint density at radius 2 is 1.95 bits per heavy atom. The van der Waals surface area contributed by atoms with Crippen LogP contribution in [0, 0.1) is 0 Å². The fourth-order valence-electron chi connectivity index (χ4n) is 1.91. The lowest BCUT2D eigenvalue weighted by Gasteiger charge is -2.14. The van der Waals surface area contributed by atoms with Crippen molar-refractivity contribution in [3.8, 4) is 11.5 Å². The number of sulfone groups is 1. The van der Waals surface area contributed by atoms with Gasteiger partial charge in [-0.15, -0.1) is 0 Å². The average molecular weight is 333 g/mol. The van der Waals surface area contributed by atoms with Crippen molar-refractivity contribution >= 4 is 19.9 Å². The average Bonchev–Trinajstić information content (AvgIpc) is 2.76. The molecule has 1 heterocycles. The summed E-state index contributed by atoms with van der Waals surface area (Å²) < 4.78 is 59.7. The molecule has 1 aliphatic heterocycles. The van der Waals surface area contributed by atoms with Crippen molar-refractivity contribution in [3.63, 3.8) is 0 Å². The maximum Gasteiger partial charge on any atom is 0.244 e. The summed E-state index contributed by atoms with van der Waals surface area (Å²) in [6, 6.07) is 3.55. The van der Waals surface area contributed by atoms with Crippen LogP contribution in [-0.4, -0.2) is 42.8 Å². The molecule has 9 heteroatoms. The van der Waals surface area contributed by atoms with E-state index in [1.807, 2.05) is 0 Å². The smallest absolute Gasteiger partial charge is 0.244 e. The van der Waals surface area contributed by atoms with Crippen molar-refractivity contribution in [2.75, 3.05) is 20.0 Å². The van der Waals surface area contributed by atoms with Crippen molar-refractivity contribution in [3.05, 3.63) is 29.7 Å². The molecule has 0 spiro atoms. The van der Waals surface area contributed by atoms with Gasteiger partial charge in [0.05, 0.1) is 26.0 Å². The van der Waals surface area contributed by atoms with Gasteiger partial charge in [0, 0.05) is 11.5 Å². The van der Waals surface area contributed by atoms with Crippen molar-refractivity contribution in [1.82, 2.24) is 4.72 Å². The van der Waals surface area contributed by atoms with Crippen LogP contribution < -0.4 is 14.2 Å². The molecule has 2 rings (SSSR count). The number of sulfonamides is 1. The molecule has 0 aliphatic carbocycles. The maximum atomic E-state index is 12.4. The van der Waals surface area contributed by atoms with Gasteiger partial charge >= 0.3 is 0 Å². The Morgan fingerprint density at radius 1 is 1.24 bits per heavy atom. The second kappa shape index (κ2) is 5.66. The Hall–Kier alpha value is -1.58. The SMILES string of the molecule is COc1ccc(OC)c(S(=O)(=O)N[C@@H]2C=CS(=O)(=O)C2)c1. The molecule has 0 aromatic heterocycles. The first-order valence-corrected chi connectivity index (χ1v) is 9.12. The second-order valence-electron chi connectivity index (χ2n) is 4.40. The first-order chi connectivity index (χ1) is 9.77. The molecule has 1 atom stereocenters. The van der Waals surface area contributed by atoms with Crippen molar-refractivity contribution in [2.45, 2.75) is 10.9 Å². The van der Waals surface area contributed by atoms with Gasteiger partial charge in [0.15, 0.2) is 9.84 Å². The minimum atomic E-state index is -3.94. The van der Waals surface area contributed by atoms with Crippen molar-refractivity contribution in [2.24, 2.45) is 0 Å². The zero-order valence-corrected chi connectivity index (χ0v) is 13.1. The molecule has 1 aliphatic rings. The lowest BCUT2D eigenvalue weighted by Crippen LogP contribution is -2.35. The van der Waals surface area contributed by atoms with E-state index in [-0.39, 0.29) is 16.4 Å². The third-order valence-corrected chi connectivity index (χ3v) is 5.80. The van der Waals surface area contributed by atoms with E-state index in [1.165, 1.54) is 32.4 Å². The Kier molecular flexibility index (Phi) is 4.26. The van der Waals surface area contributed by atoms with Gasteiger partial charge in [-0.3, -0.25) is 0 Å². The highest BCUT2D eigenvalue weighted by atomic mass is 32.2. The number of nitrogens with one attached hydrogen (secondary N) is 1. The molecule has 1 aromatic carbocycles. The highest BCUT2D eigenvalue weighted by Gasteiger charge is 2.28. The predicted octanol–water partition coefficient (Wildman–Crippen LogP) is 0.293. The molecule has 116 valence electrons. The standard InChI is InChI=1S/C12H15NO6S2/c1-18-10-3-4-11(19-2)12(7-10)21(16,17)13-9-5-6-20(14,15)8-9/h3-7,9,13H,8H2,1-2H3/t9-/m1/s1. The van der Waals surface area contributed by atoms with Gasteiger partial charge in [-0.2, -0.15) is 0 Å². The molecule has 0 saturated carbocycles. The maximum absolute atomic E-state index is 12.4. The number of hydrogen-bond donors (Lipinski definition) is 1. The van der Waals surface area contributed by atoms with Gasteiger partial charge < -0.3 is 9.47 Å². The molecule has 21 heavy (non-hydrogen) atoms. The lowest BCUT2D eigenvalue weighted by molar-refractivity contribution is 0.392. The van der Waals surface area contributed by atoms with Crippen LogP contribution in [0.4, 0.5) is 0 Å². The van der Waals surface area contributed by atoms with E-state index in [0.717, 1.165) is 5.41 Å². The lowest BCUT2D eigenvalue weighted by atomic mass is 10.3. The van der Waals surface area contributed by atoms with Crippen LogP contribution in [0.2, 0.25) is 0 Å². The Bertz CT molecular complexity index is 767. The highest BCUT2D eigenvalue weighted by molar-refractivity contribution is 7.94. The van der Waals surface area contributed by atoms with Gasteiger partial charge in [0.25, 0.3) is 0 Å². The molecule has 7 nitrogen and oxygen atoms in total. The first-order valence-electron chi connectivity index (χ1n) is 5.93. The zero-order valence-electron chi connectivity index (χ0n) is 11.4. The zero-order chi connectivity index (χ0) is 15.7. The summed E-state index contributed by atoms with van der Waals surface area (Å²) in [5, 5.41) is 1.00. The van der Waals surface area contributed by atoms with Crippen LogP contribution in [0.5, 0.6) is 11.5 Å². The summed E-state index contributed by atoms with van der Waals surface area (Å²) in [4.78, 5) is -0.109. The summed E-state index contributed by atoms with van der Waals surface area (Å²) in [5.74, 6) is 0.206. The van der Waals surface area contributed by atoms with E-state index >= 15 is 0 Å². The predicted molar refractivity (Wildman–Crippen MR) is 76.6 cm³/mol. The number of methoxy groups -OCH3 is 2. The third kappa shape index (κ3) is 3.55. The van der Waals surface area contributed by atoms with Crippen LogP contribution in [0.3, 0.4) is 0 Å². The number of benzene rings is 1. The third-order valence-electron chi connectivity index (χ3n) is 2.90. The van der Waals surface area contributed by atoms with Gasteiger partial charge in [-0.25, -0.2) is 21.6 Å². The summed E-state index contributed by atoms with van der Waals surface area (Å²) in [6.45, 7) is 0. The van der Waals surface area contributed by atoms with Gasteiger partial charge in [0.2, 0.25) is 10.0 Å². The minimum Gasteiger partial charge on any atom is -0.497 e. The molecule has 0 bridgehead atoms. The van der Waals surface area contributed by atoms with Crippen molar-refractivity contribution in [1.29, 1.82) is 0 Å². The molecular weight excluding hydrogens is 318 g/mol. The van der Waals surface area contributed by atoms with E-state index in [9.17, 15) is 16.8 Å². The minimum absolute atomic E-state index is 0.109. The Balaban J connectivity index is 2.34. The van der Waals surface area contributed by atoms with Crippen LogP contribution in [0.15, 0.2) is 34.6 Å². The van der Waals surface area contributed by atoms with E-state index in [4.69, 9.17) is 9.47 Å². The van der Waals surface area contributed by atoms with Gasteiger partial charge in [0.1, 0.15) is 16.4 Å².